The maximum Gasteiger partial charge on any atom is 0.309 e. The second kappa shape index (κ2) is 7.56. The van der Waals surface area contributed by atoms with E-state index in [1.807, 2.05) is 25.3 Å². The Morgan fingerprint density at radius 2 is 2.30 bits per heavy atom. The number of ether oxygens (including phenoxy) is 2. The monoisotopic (exact) mass is 423 g/mol. The highest BCUT2D eigenvalue weighted by atomic mass is 32.1. The number of carbonyl (C=O) groups excluding carboxylic acids is 1. The first-order chi connectivity index (χ1) is 14.7. The van der Waals surface area contributed by atoms with E-state index in [0.717, 1.165) is 40.1 Å². The summed E-state index contributed by atoms with van der Waals surface area (Å²) in [6.45, 7) is 2.26. The van der Waals surface area contributed by atoms with E-state index in [1.54, 1.807) is 35.5 Å². The molecular weight excluding hydrogens is 402 g/mol. The lowest BCUT2D eigenvalue weighted by molar-refractivity contribution is -0.148. The lowest BCUT2D eigenvalue weighted by Crippen LogP contribution is -2.23. The Balaban J connectivity index is 1.53. The number of hydrogen-bond acceptors (Lipinski definition) is 8. The van der Waals surface area contributed by atoms with Crippen LogP contribution >= 0.6 is 11.3 Å². The van der Waals surface area contributed by atoms with Gasteiger partial charge in [-0.15, -0.1) is 11.3 Å². The molecule has 0 fully saturated rings. The average Bonchev–Trinajstić information content (AvgIpc) is 3.36. The summed E-state index contributed by atoms with van der Waals surface area (Å²) < 4.78 is 12.5. The summed E-state index contributed by atoms with van der Waals surface area (Å²) in [6.07, 6.45) is 7.43. The van der Waals surface area contributed by atoms with E-state index < -0.39 is 0 Å². The molecule has 0 spiro atoms. The van der Waals surface area contributed by atoms with E-state index in [4.69, 9.17) is 9.47 Å². The normalized spacial score (nSPS) is 15.9. The van der Waals surface area contributed by atoms with Crippen molar-refractivity contribution in [2.45, 2.75) is 26.2 Å². The molecule has 154 valence electrons. The number of methoxy groups -OCH3 is 1. The van der Waals surface area contributed by atoms with Crippen LogP contribution in [-0.4, -0.2) is 39.3 Å². The number of nitrogens with one attached hydrogen (secondary N) is 1. The highest BCUT2D eigenvalue weighted by Crippen LogP contribution is 2.41. The first kappa shape index (κ1) is 18.8. The van der Waals surface area contributed by atoms with E-state index in [9.17, 15) is 4.79 Å². The van der Waals surface area contributed by atoms with Gasteiger partial charge in [-0.2, -0.15) is 5.10 Å². The molecule has 1 aliphatic carbocycles. The van der Waals surface area contributed by atoms with Gasteiger partial charge in [-0.05, 0) is 43.9 Å². The van der Waals surface area contributed by atoms with Crippen molar-refractivity contribution in [3.63, 3.8) is 0 Å². The lowest BCUT2D eigenvalue weighted by atomic mass is 9.88. The van der Waals surface area contributed by atoms with Crippen molar-refractivity contribution >= 4 is 44.5 Å². The molecule has 4 aromatic rings. The second-order valence-electron chi connectivity index (χ2n) is 7.18. The molecule has 0 aromatic carbocycles. The fraction of sp³-hybridized carbons (Fsp3) is 0.333. The number of pyridine rings is 1. The minimum atomic E-state index is -0.108. The molecular formula is C21H21N5O3S. The smallest absolute Gasteiger partial charge is 0.309 e. The van der Waals surface area contributed by atoms with Crippen LogP contribution in [0.25, 0.3) is 15.7 Å². The summed E-state index contributed by atoms with van der Waals surface area (Å²) in [5.74, 6) is 1.22. The topological polar surface area (TPSA) is 90.6 Å². The summed E-state index contributed by atoms with van der Waals surface area (Å²) in [5, 5.41) is 8.72. The third-order valence-corrected chi connectivity index (χ3v) is 6.60. The Kier molecular flexibility index (Phi) is 4.74. The number of aryl methyl sites for hydroxylation is 1. The zero-order chi connectivity index (χ0) is 20.7. The largest absolute Gasteiger partial charge is 0.493 e. The van der Waals surface area contributed by atoms with Gasteiger partial charge in [-0.25, -0.2) is 14.5 Å². The number of aromatic nitrogens is 4. The van der Waals surface area contributed by atoms with E-state index in [1.165, 1.54) is 10.4 Å². The van der Waals surface area contributed by atoms with Crippen molar-refractivity contribution in [3.05, 3.63) is 41.3 Å². The van der Waals surface area contributed by atoms with Gasteiger partial charge in [0.2, 0.25) is 0 Å². The molecule has 0 saturated heterocycles. The molecule has 4 aromatic heterocycles. The van der Waals surface area contributed by atoms with Crippen LogP contribution in [0.2, 0.25) is 0 Å². The van der Waals surface area contributed by atoms with E-state index in [2.05, 4.69) is 20.4 Å². The van der Waals surface area contributed by atoms with Crippen LogP contribution in [0.5, 0.6) is 5.75 Å². The number of nitrogens with zero attached hydrogens (tertiary/aromatic N) is 4. The average molecular weight is 423 g/mol. The van der Waals surface area contributed by atoms with Crippen molar-refractivity contribution in [2.75, 3.05) is 19.0 Å². The van der Waals surface area contributed by atoms with Gasteiger partial charge < -0.3 is 14.8 Å². The van der Waals surface area contributed by atoms with Crippen LogP contribution in [0.4, 0.5) is 11.5 Å². The highest BCUT2D eigenvalue weighted by Gasteiger charge is 2.30. The third kappa shape index (κ3) is 3.15. The molecule has 1 aliphatic rings. The Hall–Kier alpha value is -3.20. The number of anilines is 2. The van der Waals surface area contributed by atoms with Crippen molar-refractivity contribution in [3.8, 4) is 5.75 Å². The van der Waals surface area contributed by atoms with E-state index in [-0.39, 0.29) is 11.9 Å². The van der Waals surface area contributed by atoms with Gasteiger partial charge in [0.05, 0.1) is 42.4 Å². The lowest BCUT2D eigenvalue weighted by Gasteiger charge is -2.20. The first-order valence-corrected chi connectivity index (χ1v) is 10.7. The number of esters is 1. The fourth-order valence-corrected chi connectivity index (χ4v) is 5.27. The van der Waals surface area contributed by atoms with Crippen LogP contribution in [0.3, 0.4) is 0 Å². The van der Waals surface area contributed by atoms with Gasteiger partial charge in [-0.3, -0.25) is 4.79 Å². The Morgan fingerprint density at radius 1 is 1.40 bits per heavy atom. The molecule has 9 heteroatoms. The quantitative estimate of drug-likeness (QED) is 0.489. The van der Waals surface area contributed by atoms with Crippen LogP contribution in [0.1, 0.15) is 23.8 Å². The predicted octanol–water partition coefficient (Wildman–Crippen LogP) is 3.76. The van der Waals surface area contributed by atoms with Gasteiger partial charge in [0.25, 0.3) is 0 Å². The first-order valence-electron chi connectivity index (χ1n) is 9.88. The maximum absolute atomic E-state index is 12.2. The number of hydrogen-bond donors (Lipinski definition) is 1. The van der Waals surface area contributed by atoms with Crippen molar-refractivity contribution in [2.24, 2.45) is 5.92 Å². The van der Waals surface area contributed by atoms with E-state index >= 15 is 0 Å². The van der Waals surface area contributed by atoms with Crippen LogP contribution < -0.4 is 10.1 Å². The molecule has 0 aliphatic heterocycles. The van der Waals surface area contributed by atoms with Crippen molar-refractivity contribution < 1.29 is 14.3 Å². The number of rotatable bonds is 5. The molecule has 1 N–H and O–H groups in total. The molecule has 5 rings (SSSR count). The summed E-state index contributed by atoms with van der Waals surface area (Å²) in [5.41, 5.74) is 2.99. The SMILES string of the molecule is CCOC(=O)[C@H]1CCc2c(sc3ncnc(Nc4cc5ccnn5cc4OC)c23)C1. The van der Waals surface area contributed by atoms with Gasteiger partial charge in [0.15, 0.2) is 5.75 Å². The Bertz CT molecular complexity index is 1250. The predicted molar refractivity (Wildman–Crippen MR) is 115 cm³/mol. The molecule has 0 unspecified atom stereocenters. The van der Waals surface area contributed by atoms with Gasteiger partial charge >= 0.3 is 5.97 Å². The molecule has 30 heavy (non-hydrogen) atoms. The zero-order valence-corrected chi connectivity index (χ0v) is 17.5. The number of fused-ring (bicyclic) bond motifs is 4. The summed E-state index contributed by atoms with van der Waals surface area (Å²) in [6, 6.07) is 3.91. The van der Waals surface area contributed by atoms with Crippen LogP contribution in [0.15, 0.2) is 30.9 Å². The molecule has 0 radical (unpaired) electrons. The zero-order valence-electron chi connectivity index (χ0n) is 16.7. The second-order valence-corrected chi connectivity index (χ2v) is 8.26. The summed E-state index contributed by atoms with van der Waals surface area (Å²) >= 11 is 1.63. The molecule has 0 bridgehead atoms. The van der Waals surface area contributed by atoms with Gasteiger partial charge in [0, 0.05) is 11.1 Å². The molecule has 0 amide bonds. The van der Waals surface area contributed by atoms with Gasteiger partial charge in [-0.1, -0.05) is 0 Å². The van der Waals surface area contributed by atoms with Crippen LogP contribution in [-0.2, 0) is 22.4 Å². The maximum atomic E-state index is 12.2. The summed E-state index contributed by atoms with van der Waals surface area (Å²) in [7, 11) is 1.63. The molecule has 0 saturated carbocycles. The Morgan fingerprint density at radius 3 is 3.13 bits per heavy atom. The standard InChI is InChI=1S/C21H21N5O3S/c1-3-29-21(27)12-4-5-14-17(8-12)30-20-18(14)19(22-11-23-20)25-15-9-13-6-7-24-26(13)10-16(15)28-2/h6-7,9-12H,3-5,8H2,1-2H3,(H,22,23,25)/t12-/m0/s1. The molecule has 8 nitrogen and oxygen atoms in total. The van der Waals surface area contributed by atoms with Gasteiger partial charge in [0.1, 0.15) is 17.0 Å². The van der Waals surface area contributed by atoms with Crippen molar-refractivity contribution in [1.82, 2.24) is 19.6 Å². The minimum absolute atomic E-state index is 0.0840. The minimum Gasteiger partial charge on any atom is -0.493 e. The number of carbonyl (C=O) groups is 1. The molecule has 4 heterocycles. The number of thiophene rings is 1. The summed E-state index contributed by atoms with van der Waals surface area (Å²) in [4.78, 5) is 23.3. The van der Waals surface area contributed by atoms with Crippen molar-refractivity contribution in [1.29, 1.82) is 0 Å². The highest BCUT2D eigenvalue weighted by molar-refractivity contribution is 7.19. The molecule has 1 atom stereocenters. The van der Waals surface area contributed by atoms with Crippen LogP contribution in [0, 0.1) is 5.92 Å². The third-order valence-electron chi connectivity index (χ3n) is 5.44. The Labute approximate surface area is 176 Å². The van der Waals surface area contributed by atoms with E-state index in [0.29, 0.717) is 18.8 Å². The fourth-order valence-electron chi connectivity index (χ4n) is 4.00.